The van der Waals surface area contributed by atoms with Crippen LogP contribution in [0.25, 0.3) is 0 Å². The number of carbonyl (C=O) groups excluding carboxylic acids is 1. The van der Waals surface area contributed by atoms with Gasteiger partial charge in [-0.25, -0.2) is 0 Å². The lowest BCUT2D eigenvalue weighted by Crippen LogP contribution is -2.32. The molecule has 0 heterocycles. The molecule has 0 saturated heterocycles. The Labute approximate surface area is 144 Å². The number of carbonyl (C=O) groups is 1. The molecule has 2 aromatic carbocycles. The van der Waals surface area contributed by atoms with Crippen molar-refractivity contribution < 1.29 is 14.3 Å². The van der Waals surface area contributed by atoms with Crippen LogP contribution in [-0.4, -0.2) is 38.1 Å². The predicted molar refractivity (Wildman–Crippen MR) is 95.7 cm³/mol. The van der Waals surface area contributed by atoms with Gasteiger partial charge < -0.3 is 14.4 Å². The van der Waals surface area contributed by atoms with E-state index in [0.29, 0.717) is 19.6 Å². The van der Waals surface area contributed by atoms with Gasteiger partial charge >= 0.3 is 0 Å². The fourth-order valence-electron chi connectivity index (χ4n) is 2.59. The second-order valence-electron chi connectivity index (χ2n) is 5.98. The van der Waals surface area contributed by atoms with Crippen molar-refractivity contribution in [2.75, 3.05) is 27.3 Å². The Balaban J connectivity index is 1.85. The van der Waals surface area contributed by atoms with Gasteiger partial charge in [-0.3, -0.25) is 4.79 Å². The van der Waals surface area contributed by atoms with Crippen LogP contribution in [0, 0.1) is 13.8 Å². The molecule has 1 amide bonds. The average molecular weight is 327 g/mol. The minimum atomic E-state index is 0.0449. The van der Waals surface area contributed by atoms with Crippen LogP contribution in [0.15, 0.2) is 42.5 Å². The first-order chi connectivity index (χ1) is 11.5. The molecule has 0 aliphatic heterocycles. The second-order valence-corrected chi connectivity index (χ2v) is 5.98. The van der Waals surface area contributed by atoms with Crippen molar-refractivity contribution in [2.45, 2.75) is 20.3 Å². The molecule has 0 radical (unpaired) electrons. The van der Waals surface area contributed by atoms with Crippen LogP contribution in [0.2, 0.25) is 0 Å². The first kappa shape index (κ1) is 17.9. The fraction of sp³-hybridized carbons (Fsp3) is 0.350. The summed E-state index contributed by atoms with van der Waals surface area (Å²) in [6, 6.07) is 13.7. The van der Waals surface area contributed by atoms with Crippen molar-refractivity contribution in [3.63, 3.8) is 0 Å². The summed E-state index contributed by atoms with van der Waals surface area (Å²) < 4.78 is 11.1. The molecular formula is C20H25NO3. The molecule has 0 bridgehead atoms. The van der Waals surface area contributed by atoms with Crippen LogP contribution in [0.1, 0.15) is 16.7 Å². The summed E-state index contributed by atoms with van der Waals surface area (Å²) in [6.07, 6.45) is 0.323. The van der Waals surface area contributed by atoms with Gasteiger partial charge in [0.25, 0.3) is 0 Å². The van der Waals surface area contributed by atoms with Gasteiger partial charge in [0.2, 0.25) is 5.91 Å². The minimum Gasteiger partial charge on any atom is -0.496 e. The summed E-state index contributed by atoms with van der Waals surface area (Å²) in [6.45, 7) is 5.10. The molecule has 0 aromatic heterocycles. The van der Waals surface area contributed by atoms with Gasteiger partial charge in [0.05, 0.1) is 20.1 Å². The van der Waals surface area contributed by atoms with E-state index in [0.717, 1.165) is 17.1 Å². The highest BCUT2D eigenvalue weighted by Gasteiger charge is 2.12. The number of ether oxygens (including phenoxy) is 2. The lowest BCUT2D eigenvalue weighted by atomic mass is 10.1. The number of hydrogen-bond acceptors (Lipinski definition) is 3. The van der Waals surface area contributed by atoms with E-state index in [9.17, 15) is 4.79 Å². The average Bonchev–Trinajstić information content (AvgIpc) is 2.54. The molecule has 0 atom stereocenters. The molecule has 0 aliphatic carbocycles. The smallest absolute Gasteiger partial charge is 0.226 e. The topological polar surface area (TPSA) is 38.8 Å². The largest absolute Gasteiger partial charge is 0.496 e. The summed E-state index contributed by atoms with van der Waals surface area (Å²) in [7, 11) is 3.41. The van der Waals surface area contributed by atoms with Gasteiger partial charge in [0.15, 0.2) is 0 Å². The zero-order chi connectivity index (χ0) is 17.5. The zero-order valence-electron chi connectivity index (χ0n) is 14.8. The third kappa shape index (κ3) is 5.01. The monoisotopic (exact) mass is 327 g/mol. The molecule has 2 aromatic rings. The number of nitrogens with zero attached hydrogens (tertiary/aromatic N) is 1. The van der Waals surface area contributed by atoms with Crippen molar-refractivity contribution >= 4 is 5.91 Å². The third-order valence-electron chi connectivity index (χ3n) is 3.85. The second kappa shape index (κ2) is 8.39. The standard InChI is InChI=1S/C20H25NO3/c1-15-11-16(2)13-18(12-15)24-10-9-21(3)20(22)14-17-7-5-6-8-19(17)23-4/h5-8,11-13H,9-10,14H2,1-4H3. The van der Waals surface area contributed by atoms with Crippen LogP contribution in [0.4, 0.5) is 0 Å². The molecule has 128 valence electrons. The Bertz CT molecular complexity index is 677. The molecule has 0 spiro atoms. The number of para-hydroxylation sites is 1. The first-order valence-corrected chi connectivity index (χ1v) is 8.06. The molecule has 0 saturated carbocycles. The number of methoxy groups -OCH3 is 1. The van der Waals surface area contributed by atoms with Gasteiger partial charge in [0, 0.05) is 12.6 Å². The van der Waals surface area contributed by atoms with Crippen LogP contribution in [0.3, 0.4) is 0 Å². The highest BCUT2D eigenvalue weighted by Crippen LogP contribution is 2.18. The van der Waals surface area contributed by atoms with Crippen LogP contribution >= 0.6 is 0 Å². The molecule has 24 heavy (non-hydrogen) atoms. The molecule has 0 aliphatic rings. The van der Waals surface area contributed by atoms with Crippen molar-refractivity contribution in [1.29, 1.82) is 0 Å². The predicted octanol–water partition coefficient (Wildman–Crippen LogP) is 3.39. The van der Waals surface area contributed by atoms with Crippen molar-refractivity contribution in [3.8, 4) is 11.5 Å². The fourth-order valence-corrected chi connectivity index (χ4v) is 2.59. The van der Waals surface area contributed by atoms with Crippen LogP contribution in [-0.2, 0) is 11.2 Å². The van der Waals surface area contributed by atoms with Gasteiger partial charge in [0.1, 0.15) is 18.1 Å². The summed E-state index contributed by atoms with van der Waals surface area (Å²) in [5.74, 6) is 1.63. The highest BCUT2D eigenvalue weighted by molar-refractivity contribution is 5.79. The van der Waals surface area contributed by atoms with Crippen molar-refractivity contribution in [3.05, 3.63) is 59.2 Å². The third-order valence-corrected chi connectivity index (χ3v) is 3.85. The van der Waals surface area contributed by atoms with Crippen molar-refractivity contribution in [1.82, 2.24) is 4.90 Å². The van der Waals surface area contributed by atoms with E-state index in [4.69, 9.17) is 9.47 Å². The van der Waals surface area contributed by atoms with E-state index >= 15 is 0 Å². The number of hydrogen-bond donors (Lipinski definition) is 0. The maximum Gasteiger partial charge on any atom is 0.226 e. The number of amides is 1. The Hall–Kier alpha value is -2.49. The highest BCUT2D eigenvalue weighted by atomic mass is 16.5. The molecule has 4 nitrogen and oxygen atoms in total. The number of benzene rings is 2. The van der Waals surface area contributed by atoms with E-state index in [2.05, 4.69) is 6.07 Å². The van der Waals surface area contributed by atoms with E-state index in [1.807, 2.05) is 50.2 Å². The quantitative estimate of drug-likeness (QED) is 0.782. The van der Waals surface area contributed by atoms with Gasteiger partial charge in [-0.15, -0.1) is 0 Å². The van der Waals surface area contributed by atoms with Gasteiger partial charge in [-0.05, 0) is 43.2 Å². The van der Waals surface area contributed by atoms with Gasteiger partial charge in [-0.1, -0.05) is 24.3 Å². The molecule has 4 heteroatoms. The number of aryl methyl sites for hydroxylation is 2. The molecular weight excluding hydrogens is 302 g/mol. The summed E-state index contributed by atoms with van der Waals surface area (Å²) >= 11 is 0. The maximum absolute atomic E-state index is 12.3. The summed E-state index contributed by atoms with van der Waals surface area (Å²) in [5, 5.41) is 0. The molecule has 2 rings (SSSR count). The minimum absolute atomic E-state index is 0.0449. The normalized spacial score (nSPS) is 10.3. The Morgan fingerprint density at radius 3 is 2.42 bits per heavy atom. The SMILES string of the molecule is COc1ccccc1CC(=O)N(C)CCOc1cc(C)cc(C)c1. The molecule has 0 unspecified atom stereocenters. The number of likely N-dealkylation sites (N-methyl/N-ethyl adjacent to an activating group) is 1. The first-order valence-electron chi connectivity index (χ1n) is 8.06. The van der Waals surface area contributed by atoms with E-state index < -0.39 is 0 Å². The van der Waals surface area contributed by atoms with Crippen LogP contribution < -0.4 is 9.47 Å². The van der Waals surface area contributed by atoms with Crippen LogP contribution in [0.5, 0.6) is 11.5 Å². The lowest BCUT2D eigenvalue weighted by molar-refractivity contribution is -0.129. The molecule has 0 N–H and O–H groups in total. The van der Waals surface area contributed by atoms with Gasteiger partial charge in [-0.2, -0.15) is 0 Å². The van der Waals surface area contributed by atoms with E-state index in [-0.39, 0.29) is 5.91 Å². The summed E-state index contributed by atoms with van der Waals surface area (Å²) in [5.41, 5.74) is 3.24. The lowest BCUT2D eigenvalue weighted by Gasteiger charge is -2.18. The maximum atomic E-state index is 12.3. The number of rotatable bonds is 7. The Kier molecular flexibility index (Phi) is 6.24. The van der Waals surface area contributed by atoms with E-state index in [1.165, 1.54) is 11.1 Å². The molecule has 0 fully saturated rings. The Morgan fingerprint density at radius 1 is 1.08 bits per heavy atom. The van der Waals surface area contributed by atoms with Crippen molar-refractivity contribution in [2.24, 2.45) is 0 Å². The zero-order valence-corrected chi connectivity index (χ0v) is 14.8. The Morgan fingerprint density at radius 2 is 1.75 bits per heavy atom. The van der Waals surface area contributed by atoms with E-state index in [1.54, 1.807) is 19.1 Å². The summed E-state index contributed by atoms with van der Waals surface area (Å²) in [4.78, 5) is 14.0.